The van der Waals surface area contributed by atoms with Gasteiger partial charge in [0.15, 0.2) is 11.6 Å². The van der Waals surface area contributed by atoms with Crippen molar-refractivity contribution in [2.45, 2.75) is 5.75 Å². The molecular weight excluding hydrogens is 250 g/mol. The van der Waals surface area contributed by atoms with E-state index < -0.39 is 11.2 Å². The summed E-state index contributed by atoms with van der Waals surface area (Å²) >= 11 is -1.12. The highest BCUT2D eigenvalue weighted by Crippen LogP contribution is 2.24. The number of hydrogen-bond acceptors (Lipinski definition) is 3. The van der Waals surface area contributed by atoms with Crippen LogP contribution >= 0.6 is 0 Å². The van der Waals surface area contributed by atoms with Gasteiger partial charge in [-0.15, -0.1) is 5.10 Å². The fourth-order valence-electron chi connectivity index (χ4n) is 2.00. The lowest BCUT2D eigenvalue weighted by atomic mass is 10.2. The second-order valence-electron chi connectivity index (χ2n) is 4.05. The standard InChI is InChI=1S/C12H11N3O2S/c1-14-12(16)15-10(9-5-3-2-4-6-9)7-18(17)8-11(15)13-14/h2-7H,8H2,1H3. The van der Waals surface area contributed by atoms with Gasteiger partial charge >= 0.3 is 5.69 Å². The predicted octanol–water partition coefficient (Wildman–Crippen LogP) is 0.691. The minimum absolute atomic E-state index is 0.211. The molecule has 0 amide bonds. The average Bonchev–Trinajstić information content (AvgIpc) is 2.65. The van der Waals surface area contributed by atoms with Crippen molar-refractivity contribution in [2.24, 2.45) is 7.05 Å². The van der Waals surface area contributed by atoms with Crippen molar-refractivity contribution in [1.29, 1.82) is 0 Å². The predicted molar refractivity (Wildman–Crippen MR) is 69.1 cm³/mol. The molecule has 1 aliphatic heterocycles. The van der Waals surface area contributed by atoms with Gasteiger partial charge in [-0.05, 0) is 11.2 Å². The number of rotatable bonds is 1. The first kappa shape index (κ1) is 11.3. The Bertz CT molecular complexity index is 672. The smallest absolute Gasteiger partial charge is 0.350 e. The number of nitrogens with zero attached hydrogens (tertiary/aromatic N) is 3. The van der Waals surface area contributed by atoms with Crippen molar-refractivity contribution in [3.8, 4) is 0 Å². The summed E-state index contributed by atoms with van der Waals surface area (Å²) in [6.07, 6.45) is 0. The zero-order valence-corrected chi connectivity index (χ0v) is 10.6. The maximum atomic E-state index is 12.0. The van der Waals surface area contributed by atoms with Gasteiger partial charge < -0.3 is 4.55 Å². The first-order valence-electron chi connectivity index (χ1n) is 5.46. The molecule has 0 radical (unpaired) electrons. The zero-order chi connectivity index (χ0) is 12.7. The number of benzene rings is 1. The Kier molecular flexibility index (Phi) is 2.61. The summed E-state index contributed by atoms with van der Waals surface area (Å²) in [4.78, 5) is 12.0. The molecule has 1 unspecified atom stereocenters. The molecule has 0 N–H and O–H groups in total. The van der Waals surface area contributed by atoms with Gasteiger partial charge in [-0.3, -0.25) is 0 Å². The molecule has 5 nitrogen and oxygen atoms in total. The van der Waals surface area contributed by atoms with Crippen LogP contribution in [0.4, 0.5) is 0 Å². The van der Waals surface area contributed by atoms with Crippen LogP contribution < -0.4 is 5.69 Å². The lowest BCUT2D eigenvalue weighted by Crippen LogP contribution is -2.26. The van der Waals surface area contributed by atoms with Crippen LogP contribution in [0, 0.1) is 0 Å². The van der Waals surface area contributed by atoms with Crippen molar-refractivity contribution in [3.05, 3.63) is 57.6 Å². The Morgan fingerprint density at radius 2 is 2.06 bits per heavy atom. The maximum absolute atomic E-state index is 12.0. The second kappa shape index (κ2) is 4.15. The largest absolute Gasteiger partial charge is 0.611 e. The van der Waals surface area contributed by atoms with Crippen LogP contribution in [-0.2, 0) is 24.0 Å². The number of hydrogen-bond donors (Lipinski definition) is 0. The third-order valence-electron chi connectivity index (χ3n) is 2.82. The van der Waals surface area contributed by atoms with E-state index in [0.29, 0.717) is 11.5 Å². The SMILES string of the molecule is Cn1nc2n(c1=O)C(c1ccccc1)=C[S+]([O-])C2. The summed E-state index contributed by atoms with van der Waals surface area (Å²) in [5.74, 6) is 0.828. The van der Waals surface area contributed by atoms with Gasteiger partial charge in [0.05, 0.1) is 0 Å². The van der Waals surface area contributed by atoms with Gasteiger partial charge in [0.25, 0.3) is 0 Å². The first-order chi connectivity index (χ1) is 8.66. The highest BCUT2D eigenvalue weighted by molar-refractivity contribution is 7.93. The summed E-state index contributed by atoms with van der Waals surface area (Å²) in [7, 11) is 1.60. The molecular formula is C12H11N3O2S. The second-order valence-corrected chi connectivity index (χ2v) is 5.34. The lowest BCUT2D eigenvalue weighted by Gasteiger charge is -2.16. The third-order valence-corrected chi connectivity index (χ3v) is 3.85. The first-order valence-corrected chi connectivity index (χ1v) is 6.85. The fraction of sp³-hybridized carbons (Fsp3) is 0.167. The van der Waals surface area contributed by atoms with E-state index in [-0.39, 0.29) is 11.4 Å². The molecule has 0 fully saturated rings. The van der Waals surface area contributed by atoms with Crippen LogP contribution in [0.15, 0.2) is 40.5 Å². The van der Waals surface area contributed by atoms with E-state index in [2.05, 4.69) is 5.10 Å². The minimum atomic E-state index is -1.12. The maximum Gasteiger partial charge on any atom is 0.350 e. The van der Waals surface area contributed by atoms with Gasteiger partial charge in [0.2, 0.25) is 0 Å². The van der Waals surface area contributed by atoms with E-state index in [1.807, 2.05) is 30.3 Å². The van der Waals surface area contributed by atoms with E-state index in [4.69, 9.17) is 0 Å². The average molecular weight is 261 g/mol. The molecule has 0 spiro atoms. The summed E-state index contributed by atoms with van der Waals surface area (Å²) in [5, 5.41) is 5.73. The Morgan fingerprint density at radius 3 is 2.78 bits per heavy atom. The van der Waals surface area contributed by atoms with Gasteiger partial charge in [-0.1, -0.05) is 30.3 Å². The Morgan fingerprint density at radius 1 is 1.33 bits per heavy atom. The molecule has 2 aromatic rings. The van der Waals surface area contributed by atoms with Crippen molar-refractivity contribution in [1.82, 2.24) is 14.3 Å². The molecule has 2 heterocycles. The lowest BCUT2D eigenvalue weighted by molar-refractivity contribution is 0.599. The molecule has 3 rings (SSSR count). The third kappa shape index (κ3) is 1.70. The number of aryl methyl sites for hydroxylation is 1. The van der Waals surface area contributed by atoms with Crippen LogP contribution in [0.3, 0.4) is 0 Å². The molecule has 0 saturated heterocycles. The van der Waals surface area contributed by atoms with Crippen molar-refractivity contribution in [3.63, 3.8) is 0 Å². The zero-order valence-electron chi connectivity index (χ0n) is 9.74. The van der Waals surface area contributed by atoms with Crippen molar-refractivity contribution in [2.75, 3.05) is 0 Å². The van der Waals surface area contributed by atoms with Crippen LogP contribution in [-0.4, -0.2) is 18.9 Å². The van der Waals surface area contributed by atoms with Crippen LogP contribution in [0.5, 0.6) is 0 Å². The van der Waals surface area contributed by atoms with Gasteiger partial charge in [-0.25, -0.2) is 14.0 Å². The highest BCUT2D eigenvalue weighted by atomic mass is 32.2. The van der Waals surface area contributed by atoms with Crippen LogP contribution in [0.1, 0.15) is 11.4 Å². The molecule has 0 bridgehead atoms. The summed E-state index contributed by atoms with van der Waals surface area (Å²) in [5.41, 5.74) is 1.30. The van der Waals surface area contributed by atoms with Crippen LogP contribution in [0.25, 0.3) is 5.70 Å². The summed E-state index contributed by atoms with van der Waals surface area (Å²) < 4.78 is 14.6. The summed E-state index contributed by atoms with van der Waals surface area (Å²) in [6, 6.07) is 9.44. The fourth-order valence-corrected chi connectivity index (χ4v) is 3.02. The van der Waals surface area contributed by atoms with E-state index >= 15 is 0 Å². The topological polar surface area (TPSA) is 62.9 Å². The minimum Gasteiger partial charge on any atom is -0.611 e. The van der Waals surface area contributed by atoms with Crippen molar-refractivity contribution < 1.29 is 4.55 Å². The van der Waals surface area contributed by atoms with E-state index in [9.17, 15) is 9.35 Å². The van der Waals surface area contributed by atoms with E-state index in [0.717, 1.165) is 5.56 Å². The molecule has 1 aromatic carbocycles. The molecule has 0 saturated carbocycles. The molecule has 92 valence electrons. The highest BCUT2D eigenvalue weighted by Gasteiger charge is 2.26. The summed E-state index contributed by atoms with van der Waals surface area (Å²) in [6.45, 7) is 0. The number of aromatic nitrogens is 3. The quantitative estimate of drug-likeness (QED) is 0.710. The van der Waals surface area contributed by atoms with Gasteiger partial charge in [-0.2, -0.15) is 0 Å². The normalized spacial score (nSPS) is 18.3. The molecule has 0 aliphatic carbocycles. The molecule has 6 heteroatoms. The molecule has 1 atom stereocenters. The van der Waals surface area contributed by atoms with Crippen molar-refractivity contribution >= 4 is 16.9 Å². The molecule has 18 heavy (non-hydrogen) atoms. The Balaban J connectivity index is 2.24. The Hall–Kier alpha value is -1.79. The molecule has 1 aromatic heterocycles. The van der Waals surface area contributed by atoms with Gasteiger partial charge in [0.1, 0.15) is 11.1 Å². The van der Waals surface area contributed by atoms with Crippen LogP contribution in [0.2, 0.25) is 0 Å². The monoisotopic (exact) mass is 261 g/mol. The van der Waals surface area contributed by atoms with E-state index in [1.54, 1.807) is 12.5 Å². The Labute approximate surface area is 107 Å². The molecule has 1 aliphatic rings. The number of fused-ring (bicyclic) bond motifs is 1. The van der Waals surface area contributed by atoms with E-state index in [1.165, 1.54) is 9.25 Å². The van der Waals surface area contributed by atoms with Gasteiger partial charge in [0, 0.05) is 12.6 Å².